The summed E-state index contributed by atoms with van der Waals surface area (Å²) in [6, 6.07) is 21.5. The number of carbonyl (C=O) groups excluding carboxylic acids is 2. The zero-order chi connectivity index (χ0) is 20.6. The molecule has 6 heteroatoms. The van der Waals surface area contributed by atoms with Gasteiger partial charge >= 0.3 is 5.97 Å². The molecule has 0 aliphatic heterocycles. The molecule has 0 saturated heterocycles. The lowest BCUT2D eigenvalue weighted by Crippen LogP contribution is -2.30. The van der Waals surface area contributed by atoms with Gasteiger partial charge in [-0.15, -0.1) is 0 Å². The van der Waals surface area contributed by atoms with Gasteiger partial charge in [0.2, 0.25) is 0 Å². The molecule has 0 aliphatic carbocycles. The Bertz CT molecular complexity index is 956. The van der Waals surface area contributed by atoms with Gasteiger partial charge in [-0.3, -0.25) is 4.79 Å². The highest BCUT2D eigenvalue weighted by Crippen LogP contribution is 2.14. The number of carbonyl (C=O) groups is 2. The number of amides is 1. The third-order valence-electron chi connectivity index (χ3n) is 4.10. The summed E-state index contributed by atoms with van der Waals surface area (Å²) < 4.78 is 23.8. The third kappa shape index (κ3) is 5.90. The van der Waals surface area contributed by atoms with Gasteiger partial charge in [0.15, 0.2) is 6.10 Å². The van der Waals surface area contributed by atoms with Crippen LogP contribution >= 0.6 is 0 Å². The van der Waals surface area contributed by atoms with Crippen LogP contribution in [0.3, 0.4) is 0 Å². The minimum atomic E-state index is -1.01. The van der Waals surface area contributed by atoms with E-state index in [4.69, 9.17) is 9.47 Å². The van der Waals surface area contributed by atoms with E-state index in [1.165, 1.54) is 31.2 Å². The summed E-state index contributed by atoms with van der Waals surface area (Å²) in [5, 5.41) is 2.57. The van der Waals surface area contributed by atoms with E-state index < -0.39 is 23.8 Å². The average Bonchev–Trinajstić information content (AvgIpc) is 2.75. The van der Waals surface area contributed by atoms with Gasteiger partial charge < -0.3 is 14.8 Å². The minimum Gasteiger partial charge on any atom is -0.489 e. The number of halogens is 1. The van der Waals surface area contributed by atoms with Crippen LogP contribution in [0.2, 0.25) is 0 Å². The van der Waals surface area contributed by atoms with Gasteiger partial charge in [0, 0.05) is 5.69 Å². The number of esters is 1. The molecule has 1 atom stereocenters. The number of para-hydroxylation sites is 1. The smallest absolute Gasteiger partial charge is 0.338 e. The summed E-state index contributed by atoms with van der Waals surface area (Å²) in [5.74, 6) is -0.753. The van der Waals surface area contributed by atoms with Crippen LogP contribution in [-0.4, -0.2) is 18.0 Å². The Morgan fingerprint density at radius 1 is 0.931 bits per heavy atom. The second kappa shape index (κ2) is 9.50. The van der Waals surface area contributed by atoms with Gasteiger partial charge in [-0.1, -0.05) is 30.3 Å². The molecule has 0 spiro atoms. The molecule has 0 fully saturated rings. The van der Waals surface area contributed by atoms with E-state index in [0.29, 0.717) is 17.9 Å². The van der Waals surface area contributed by atoms with Crippen LogP contribution < -0.4 is 10.1 Å². The topological polar surface area (TPSA) is 64.6 Å². The number of ether oxygens (including phenoxy) is 2. The van der Waals surface area contributed by atoms with Gasteiger partial charge in [-0.2, -0.15) is 0 Å². The predicted molar refractivity (Wildman–Crippen MR) is 107 cm³/mol. The van der Waals surface area contributed by atoms with E-state index in [-0.39, 0.29) is 0 Å². The maximum Gasteiger partial charge on any atom is 0.338 e. The van der Waals surface area contributed by atoms with Crippen LogP contribution in [0.15, 0.2) is 78.9 Å². The first-order chi connectivity index (χ1) is 14.0. The number of benzene rings is 3. The van der Waals surface area contributed by atoms with E-state index in [9.17, 15) is 14.0 Å². The molecule has 0 aromatic heterocycles. The standard InChI is InChI=1S/C23H20FNO4/c1-16(22(26)25-20-13-11-19(24)12-14-20)29-23(27)18-9-7-17(8-10-18)15-28-21-5-3-2-4-6-21/h2-14,16H,15H2,1H3,(H,25,26)/t16-/m0/s1. The maximum absolute atomic E-state index is 12.9. The van der Waals surface area contributed by atoms with Crippen molar-refractivity contribution in [2.45, 2.75) is 19.6 Å². The number of anilines is 1. The summed E-state index contributed by atoms with van der Waals surface area (Å²) in [7, 11) is 0. The molecule has 148 valence electrons. The lowest BCUT2D eigenvalue weighted by Gasteiger charge is -2.14. The molecule has 0 unspecified atom stereocenters. The molecule has 0 radical (unpaired) electrons. The zero-order valence-electron chi connectivity index (χ0n) is 15.8. The average molecular weight is 393 g/mol. The Kier molecular flexibility index (Phi) is 6.58. The molecule has 0 aliphatic rings. The highest BCUT2D eigenvalue weighted by Gasteiger charge is 2.19. The van der Waals surface area contributed by atoms with E-state index in [1.807, 2.05) is 30.3 Å². The molecule has 3 aromatic rings. The predicted octanol–water partition coefficient (Wildman–Crippen LogP) is 4.59. The van der Waals surface area contributed by atoms with Crippen molar-refractivity contribution >= 4 is 17.6 Å². The quantitative estimate of drug-likeness (QED) is 0.597. The van der Waals surface area contributed by atoms with Gasteiger partial charge in [0.05, 0.1) is 5.56 Å². The fourth-order valence-electron chi connectivity index (χ4n) is 2.48. The van der Waals surface area contributed by atoms with E-state index in [1.54, 1.807) is 24.3 Å². The monoisotopic (exact) mass is 393 g/mol. The molecule has 3 aromatic carbocycles. The Hall–Kier alpha value is -3.67. The molecule has 0 heterocycles. The molecule has 29 heavy (non-hydrogen) atoms. The largest absolute Gasteiger partial charge is 0.489 e. The Morgan fingerprint density at radius 2 is 1.59 bits per heavy atom. The van der Waals surface area contributed by atoms with Crippen LogP contribution in [-0.2, 0) is 16.1 Å². The van der Waals surface area contributed by atoms with Crippen molar-refractivity contribution in [1.29, 1.82) is 0 Å². The van der Waals surface area contributed by atoms with Crippen LogP contribution in [0.5, 0.6) is 5.75 Å². The Morgan fingerprint density at radius 3 is 2.24 bits per heavy atom. The van der Waals surface area contributed by atoms with Crippen LogP contribution in [0.1, 0.15) is 22.8 Å². The van der Waals surface area contributed by atoms with Crippen LogP contribution in [0, 0.1) is 5.82 Å². The van der Waals surface area contributed by atoms with Crippen molar-refractivity contribution in [3.63, 3.8) is 0 Å². The summed E-state index contributed by atoms with van der Waals surface area (Å²) in [4.78, 5) is 24.4. The molecule has 3 rings (SSSR count). The second-order valence-electron chi connectivity index (χ2n) is 6.34. The molecule has 1 amide bonds. The van der Waals surface area contributed by atoms with E-state index in [0.717, 1.165) is 11.3 Å². The molecule has 0 saturated carbocycles. The van der Waals surface area contributed by atoms with Crippen molar-refractivity contribution in [2.75, 3.05) is 5.32 Å². The van der Waals surface area contributed by atoms with Crippen molar-refractivity contribution < 1.29 is 23.5 Å². The van der Waals surface area contributed by atoms with E-state index >= 15 is 0 Å². The lowest BCUT2D eigenvalue weighted by atomic mass is 10.1. The second-order valence-corrected chi connectivity index (χ2v) is 6.34. The fraction of sp³-hybridized carbons (Fsp3) is 0.130. The zero-order valence-corrected chi connectivity index (χ0v) is 15.8. The van der Waals surface area contributed by atoms with Crippen LogP contribution in [0.4, 0.5) is 10.1 Å². The Labute approximate surface area is 168 Å². The van der Waals surface area contributed by atoms with Gasteiger partial charge in [0.1, 0.15) is 18.2 Å². The van der Waals surface area contributed by atoms with Gasteiger partial charge in [0.25, 0.3) is 5.91 Å². The van der Waals surface area contributed by atoms with Crippen molar-refractivity contribution in [3.8, 4) is 5.75 Å². The summed E-state index contributed by atoms with van der Waals surface area (Å²) in [5.41, 5.74) is 1.64. The maximum atomic E-state index is 12.9. The molecule has 0 bridgehead atoms. The highest BCUT2D eigenvalue weighted by atomic mass is 19.1. The SMILES string of the molecule is C[C@H](OC(=O)c1ccc(COc2ccccc2)cc1)C(=O)Nc1ccc(F)cc1. The normalized spacial score (nSPS) is 11.4. The van der Waals surface area contributed by atoms with Gasteiger partial charge in [-0.25, -0.2) is 9.18 Å². The first-order valence-electron chi connectivity index (χ1n) is 9.05. The first kappa shape index (κ1) is 20.1. The number of nitrogens with one attached hydrogen (secondary N) is 1. The third-order valence-corrected chi connectivity index (χ3v) is 4.10. The number of rotatable bonds is 7. The summed E-state index contributed by atoms with van der Waals surface area (Å²) in [6.07, 6.45) is -1.01. The van der Waals surface area contributed by atoms with Crippen molar-refractivity contribution in [2.24, 2.45) is 0 Å². The van der Waals surface area contributed by atoms with Crippen LogP contribution in [0.25, 0.3) is 0 Å². The molecule has 5 nitrogen and oxygen atoms in total. The number of hydrogen-bond donors (Lipinski definition) is 1. The first-order valence-corrected chi connectivity index (χ1v) is 9.05. The van der Waals surface area contributed by atoms with Crippen molar-refractivity contribution in [1.82, 2.24) is 0 Å². The van der Waals surface area contributed by atoms with Crippen molar-refractivity contribution in [3.05, 3.63) is 95.8 Å². The molecular weight excluding hydrogens is 373 g/mol. The van der Waals surface area contributed by atoms with Gasteiger partial charge in [-0.05, 0) is 61.0 Å². The van der Waals surface area contributed by atoms with E-state index in [2.05, 4.69) is 5.32 Å². The Balaban J connectivity index is 1.51. The minimum absolute atomic E-state index is 0.329. The molecule has 1 N–H and O–H groups in total. The lowest BCUT2D eigenvalue weighted by molar-refractivity contribution is -0.123. The summed E-state index contributed by atoms with van der Waals surface area (Å²) >= 11 is 0. The summed E-state index contributed by atoms with van der Waals surface area (Å²) in [6.45, 7) is 1.84. The molecular formula is C23H20FNO4. The highest BCUT2D eigenvalue weighted by molar-refractivity contribution is 5.97. The fourth-order valence-corrected chi connectivity index (χ4v) is 2.48. The number of hydrogen-bond acceptors (Lipinski definition) is 4.